The Hall–Kier alpha value is -2.59. The van der Waals surface area contributed by atoms with E-state index >= 15 is 0 Å². The van der Waals surface area contributed by atoms with Crippen LogP contribution in [0.4, 0.5) is 0 Å². The molecule has 258 valence electrons. The fourth-order valence-electron chi connectivity index (χ4n) is 4.42. The molecule has 0 spiro atoms. The minimum atomic E-state index is -0.826. The zero-order chi connectivity index (χ0) is 34.0. The van der Waals surface area contributed by atoms with Gasteiger partial charge in [-0.2, -0.15) is 0 Å². The number of nitrogens with two attached hydrogens (primary N) is 2. The van der Waals surface area contributed by atoms with E-state index in [1.807, 2.05) is 27.7 Å². The van der Waals surface area contributed by atoms with Crippen LogP contribution in [0, 0.1) is 5.41 Å². The summed E-state index contributed by atoms with van der Waals surface area (Å²) < 4.78 is 11.7. The number of thioether (sulfide) groups is 1. The number of amides is 5. The highest BCUT2D eigenvalue weighted by atomic mass is 32.2. The molecule has 0 saturated carbocycles. The molecule has 45 heavy (non-hydrogen) atoms. The minimum absolute atomic E-state index is 0.0121. The smallest absolute Gasteiger partial charge is 0.242 e. The number of hydrazine groups is 1. The molecule has 1 aliphatic rings. The Balaban J connectivity index is 2.31. The van der Waals surface area contributed by atoms with Crippen molar-refractivity contribution in [1.29, 1.82) is 5.41 Å². The van der Waals surface area contributed by atoms with Gasteiger partial charge >= 0.3 is 0 Å². The number of rotatable bonds is 25. The van der Waals surface area contributed by atoms with Gasteiger partial charge in [0.05, 0.1) is 29.7 Å². The first kappa shape index (κ1) is 40.4. The molecule has 14 nitrogen and oxygen atoms in total. The van der Waals surface area contributed by atoms with Gasteiger partial charge in [-0.1, -0.05) is 0 Å². The average Bonchev–Trinajstić information content (AvgIpc) is 3.22. The Morgan fingerprint density at radius 1 is 1.02 bits per heavy atom. The lowest BCUT2D eigenvalue weighted by molar-refractivity contribution is -0.138. The molecule has 2 atom stereocenters. The SMILES string of the molecule is CC(=N)CCCSC1CC(=O)N(CCC(=O)NCCCCC(NC(=O)CCC(C)(C)OCC(C)(C)OCCNN)C(N)=O)C1=O. The Kier molecular flexibility index (Phi) is 18.4. The number of nitrogens with one attached hydrogen (secondary N) is 4. The quantitative estimate of drug-likeness (QED) is 0.0270. The van der Waals surface area contributed by atoms with Crippen molar-refractivity contribution in [3.63, 3.8) is 0 Å². The van der Waals surface area contributed by atoms with E-state index in [-0.39, 0.29) is 49.4 Å². The van der Waals surface area contributed by atoms with Gasteiger partial charge in [0.15, 0.2) is 0 Å². The molecule has 8 N–H and O–H groups in total. The normalized spacial score (nSPS) is 16.1. The number of unbranched alkanes of at least 4 members (excludes halogenated alkanes) is 1. The zero-order valence-electron chi connectivity index (χ0n) is 27.6. The summed E-state index contributed by atoms with van der Waals surface area (Å²) >= 11 is 1.43. The van der Waals surface area contributed by atoms with Crippen LogP contribution in [0.5, 0.6) is 0 Å². The summed E-state index contributed by atoms with van der Waals surface area (Å²) in [6, 6.07) is -0.826. The predicted octanol–water partition coefficient (Wildman–Crippen LogP) is 1.15. The van der Waals surface area contributed by atoms with Gasteiger partial charge in [-0.05, 0) is 78.9 Å². The molecule has 0 aromatic carbocycles. The van der Waals surface area contributed by atoms with Gasteiger partial charge in [0, 0.05) is 44.6 Å². The molecule has 1 heterocycles. The second kappa shape index (κ2) is 20.5. The number of nitrogens with zero attached hydrogens (tertiary/aromatic N) is 1. The molecule has 15 heteroatoms. The van der Waals surface area contributed by atoms with Crippen molar-refractivity contribution in [1.82, 2.24) is 21.0 Å². The van der Waals surface area contributed by atoms with Crippen LogP contribution in [0.15, 0.2) is 0 Å². The maximum atomic E-state index is 12.6. The van der Waals surface area contributed by atoms with Gasteiger partial charge < -0.3 is 31.3 Å². The van der Waals surface area contributed by atoms with Crippen LogP contribution >= 0.6 is 11.8 Å². The Morgan fingerprint density at radius 3 is 2.38 bits per heavy atom. The van der Waals surface area contributed by atoms with Crippen LogP contribution < -0.4 is 27.6 Å². The van der Waals surface area contributed by atoms with E-state index in [9.17, 15) is 24.0 Å². The summed E-state index contributed by atoms with van der Waals surface area (Å²) in [5.41, 5.74) is 7.51. The maximum absolute atomic E-state index is 12.6. The fourth-order valence-corrected chi connectivity index (χ4v) is 5.55. The molecule has 1 aliphatic heterocycles. The molecule has 5 amide bonds. The van der Waals surface area contributed by atoms with Gasteiger partial charge in [0.2, 0.25) is 29.5 Å². The van der Waals surface area contributed by atoms with Crippen LogP contribution in [0.3, 0.4) is 0 Å². The number of hydrogen-bond acceptors (Lipinski definition) is 11. The van der Waals surface area contributed by atoms with E-state index in [2.05, 4.69) is 16.1 Å². The highest BCUT2D eigenvalue weighted by Gasteiger charge is 2.38. The molecule has 0 aromatic rings. The molecule has 0 aromatic heterocycles. The van der Waals surface area contributed by atoms with E-state index in [1.165, 1.54) is 11.8 Å². The topological polar surface area (TPSA) is 219 Å². The van der Waals surface area contributed by atoms with Gasteiger partial charge in [0.1, 0.15) is 6.04 Å². The highest BCUT2D eigenvalue weighted by Crippen LogP contribution is 2.26. The fraction of sp³-hybridized carbons (Fsp3) is 0.800. The molecule has 2 unspecified atom stereocenters. The largest absolute Gasteiger partial charge is 0.373 e. The third-order valence-corrected chi connectivity index (χ3v) is 8.50. The molecular formula is C30H55N7O7S. The third kappa shape index (κ3) is 17.6. The summed E-state index contributed by atoms with van der Waals surface area (Å²) in [5.74, 6) is 4.22. The van der Waals surface area contributed by atoms with Crippen molar-refractivity contribution in [2.75, 3.05) is 38.6 Å². The molecule has 0 bridgehead atoms. The van der Waals surface area contributed by atoms with Gasteiger partial charge in [-0.3, -0.25) is 40.1 Å². The lowest BCUT2D eigenvalue weighted by Gasteiger charge is -2.32. The summed E-state index contributed by atoms with van der Waals surface area (Å²) in [6.45, 7) is 11.0. The van der Waals surface area contributed by atoms with Crippen molar-refractivity contribution in [3.8, 4) is 0 Å². The summed E-state index contributed by atoms with van der Waals surface area (Å²) in [7, 11) is 0. The molecular weight excluding hydrogens is 602 g/mol. The molecule has 1 rings (SSSR count). The number of primary amides is 1. The summed E-state index contributed by atoms with van der Waals surface area (Å²) in [5, 5.41) is 12.5. The second-order valence-corrected chi connectivity index (χ2v) is 13.9. The Bertz CT molecular complexity index is 1010. The van der Waals surface area contributed by atoms with Crippen LogP contribution in [-0.2, 0) is 33.4 Å². The van der Waals surface area contributed by atoms with Gasteiger partial charge in [-0.25, -0.2) is 0 Å². The van der Waals surface area contributed by atoms with E-state index < -0.39 is 28.4 Å². The molecule has 1 saturated heterocycles. The third-order valence-electron chi connectivity index (χ3n) is 7.20. The first-order chi connectivity index (χ1) is 21.1. The van der Waals surface area contributed by atoms with E-state index in [1.54, 1.807) is 6.92 Å². The average molecular weight is 658 g/mol. The summed E-state index contributed by atoms with van der Waals surface area (Å²) in [4.78, 5) is 62.8. The van der Waals surface area contributed by atoms with Gasteiger partial charge in [-0.15, -0.1) is 11.8 Å². The molecule has 0 aliphatic carbocycles. The second-order valence-electron chi connectivity index (χ2n) is 12.6. The highest BCUT2D eigenvalue weighted by molar-refractivity contribution is 8.00. The van der Waals surface area contributed by atoms with E-state index in [4.69, 9.17) is 26.5 Å². The zero-order valence-corrected chi connectivity index (χ0v) is 28.4. The summed E-state index contributed by atoms with van der Waals surface area (Å²) in [6.07, 6.45) is 3.60. The van der Waals surface area contributed by atoms with Crippen LogP contribution in [0.1, 0.15) is 92.4 Å². The van der Waals surface area contributed by atoms with Crippen molar-refractivity contribution < 1.29 is 33.4 Å². The first-order valence-electron chi connectivity index (χ1n) is 15.6. The van der Waals surface area contributed by atoms with Crippen molar-refractivity contribution in [3.05, 3.63) is 0 Å². The number of ether oxygens (including phenoxy) is 2. The lowest BCUT2D eigenvalue weighted by atomic mass is 10.0. The van der Waals surface area contributed by atoms with Crippen LogP contribution in [0.25, 0.3) is 0 Å². The molecule has 0 radical (unpaired) electrons. The Morgan fingerprint density at radius 2 is 1.73 bits per heavy atom. The minimum Gasteiger partial charge on any atom is -0.373 e. The number of hydrogen-bond donors (Lipinski definition) is 6. The standard InChI is InChI=1S/C30H55N7O7S/c1-21(31)9-8-18-45-23-19-26(40)37(28(23)42)16-12-24(38)34-14-7-6-10-22(27(32)41)36-25(39)11-13-29(2,3)44-20-30(4,5)43-17-15-35-33/h22-23,31,35H,6-20,33H2,1-5H3,(H2,32,41)(H,34,38)(H,36,39). The number of carbonyl (C=O) groups is 5. The van der Waals surface area contributed by atoms with Crippen LogP contribution in [0.2, 0.25) is 0 Å². The predicted molar refractivity (Wildman–Crippen MR) is 174 cm³/mol. The molecule has 1 fully saturated rings. The number of carbonyl (C=O) groups excluding carboxylic acids is 5. The van der Waals surface area contributed by atoms with Crippen molar-refractivity contribution >= 4 is 47.0 Å². The van der Waals surface area contributed by atoms with Gasteiger partial charge in [0.25, 0.3) is 0 Å². The van der Waals surface area contributed by atoms with E-state index in [0.29, 0.717) is 69.9 Å². The van der Waals surface area contributed by atoms with E-state index in [0.717, 1.165) is 11.3 Å². The Labute approximate surface area is 271 Å². The monoisotopic (exact) mass is 657 g/mol. The van der Waals surface area contributed by atoms with Crippen molar-refractivity contribution in [2.45, 2.75) is 115 Å². The number of imide groups is 1. The lowest BCUT2D eigenvalue weighted by Crippen LogP contribution is -2.45. The van der Waals surface area contributed by atoms with Crippen LogP contribution in [-0.4, -0.2) is 101 Å². The maximum Gasteiger partial charge on any atom is 0.242 e. The van der Waals surface area contributed by atoms with Crippen molar-refractivity contribution in [2.24, 2.45) is 11.6 Å². The first-order valence-corrected chi connectivity index (χ1v) is 16.7. The number of likely N-dealkylation sites (tertiary alicyclic amines) is 1.